The number of pyridine rings is 1. The molecular formula is C21H26ClIN6O. The number of imidazole rings is 1. The number of aromatic nitrogens is 3. The van der Waals surface area contributed by atoms with E-state index in [1.54, 1.807) is 19.6 Å². The molecule has 2 heterocycles. The second kappa shape index (κ2) is 12.4. The molecule has 0 aliphatic rings. The van der Waals surface area contributed by atoms with Gasteiger partial charge in [-0.1, -0.05) is 23.7 Å². The molecule has 3 rings (SSSR count). The lowest BCUT2D eigenvalue weighted by Crippen LogP contribution is -2.38. The molecule has 0 amide bonds. The number of methoxy groups -OCH3 is 1. The predicted octanol–water partition coefficient (Wildman–Crippen LogP) is 3.85. The summed E-state index contributed by atoms with van der Waals surface area (Å²) < 4.78 is 7.05. The Morgan fingerprint density at radius 1 is 1.23 bits per heavy atom. The minimum Gasteiger partial charge on any atom is -0.497 e. The van der Waals surface area contributed by atoms with E-state index in [1.165, 1.54) is 0 Å². The lowest BCUT2D eigenvalue weighted by Gasteiger charge is -2.12. The summed E-state index contributed by atoms with van der Waals surface area (Å²) in [5, 5.41) is 7.31. The summed E-state index contributed by atoms with van der Waals surface area (Å²) in [6.07, 6.45) is 7.94. The Bertz CT molecular complexity index is 931. The first-order chi connectivity index (χ1) is 14.2. The van der Waals surface area contributed by atoms with Crippen LogP contribution in [0.1, 0.15) is 18.1 Å². The van der Waals surface area contributed by atoms with Crippen molar-refractivity contribution in [2.45, 2.75) is 19.9 Å². The van der Waals surface area contributed by atoms with E-state index in [-0.39, 0.29) is 24.0 Å². The molecule has 0 saturated heterocycles. The van der Waals surface area contributed by atoms with E-state index in [4.69, 9.17) is 16.3 Å². The fraction of sp³-hybridized carbons (Fsp3) is 0.286. The minimum absolute atomic E-state index is 0. The van der Waals surface area contributed by atoms with Gasteiger partial charge in [-0.2, -0.15) is 0 Å². The summed E-state index contributed by atoms with van der Waals surface area (Å²) in [4.78, 5) is 13.1. The molecule has 9 heteroatoms. The van der Waals surface area contributed by atoms with Crippen molar-refractivity contribution in [2.24, 2.45) is 4.99 Å². The van der Waals surface area contributed by atoms with Crippen LogP contribution in [0.4, 0.5) is 0 Å². The summed E-state index contributed by atoms with van der Waals surface area (Å²) in [5.41, 5.74) is 2.10. The van der Waals surface area contributed by atoms with Crippen LogP contribution >= 0.6 is 35.6 Å². The number of nitrogens with zero attached hydrogens (tertiary/aromatic N) is 4. The zero-order valence-electron chi connectivity index (χ0n) is 17.0. The number of guanidine groups is 1. The Morgan fingerprint density at radius 3 is 2.73 bits per heavy atom. The van der Waals surface area contributed by atoms with Crippen molar-refractivity contribution in [2.75, 3.05) is 20.2 Å². The molecular weight excluding hydrogens is 515 g/mol. The zero-order chi connectivity index (χ0) is 20.5. The third kappa shape index (κ3) is 6.88. The van der Waals surface area contributed by atoms with Gasteiger partial charge in [0.15, 0.2) is 5.96 Å². The molecule has 2 aromatic heterocycles. The Morgan fingerprint density at radius 2 is 2.10 bits per heavy atom. The molecule has 0 aliphatic carbocycles. The maximum absolute atomic E-state index is 6.31. The Balaban J connectivity index is 0.00000320. The molecule has 0 radical (unpaired) electrons. The van der Waals surface area contributed by atoms with Gasteiger partial charge in [0, 0.05) is 36.7 Å². The van der Waals surface area contributed by atoms with Gasteiger partial charge in [0.25, 0.3) is 0 Å². The molecule has 0 aliphatic heterocycles. The van der Waals surface area contributed by atoms with Crippen LogP contribution in [-0.4, -0.2) is 40.7 Å². The quantitative estimate of drug-likeness (QED) is 0.258. The summed E-state index contributed by atoms with van der Waals surface area (Å²) in [6.45, 7) is 4.08. The Kier molecular flexibility index (Phi) is 9.88. The monoisotopic (exact) mass is 540 g/mol. The van der Waals surface area contributed by atoms with E-state index in [2.05, 4.69) is 25.6 Å². The summed E-state index contributed by atoms with van der Waals surface area (Å²) >= 11 is 6.31. The number of hydrogen-bond donors (Lipinski definition) is 2. The first-order valence-electron chi connectivity index (χ1n) is 9.47. The molecule has 0 atom stereocenters. The number of aliphatic imine (C=N–C) groups is 1. The van der Waals surface area contributed by atoms with E-state index >= 15 is 0 Å². The molecule has 0 fully saturated rings. The average Bonchev–Trinajstić information content (AvgIpc) is 3.28. The van der Waals surface area contributed by atoms with Crippen LogP contribution < -0.4 is 15.4 Å². The van der Waals surface area contributed by atoms with Crippen molar-refractivity contribution in [3.63, 3.8) is 0 Å². The standard InChI is InChI=1S/C21H25ClN6O.HI/c1-3-24-21(25-9-8-17-5-6-18(29-2)12-19(17)22)27-14-16-4-7-20(26-13-16)28-11-10-23-15-28;/h4-7,10-13,15H,3,8-9,14H2,1-2H3,(H2,24,25,27);1H. The number of nitrogens with one attached hydrogen (secondary N) is 2. The number of benzene rings is 1. The average molecular weight is 541 g/mol. The molecule has 160 valence electrons. The number of ether oxygens (including phenoxy) is 1. The lowest BCUT2D eigenvalue weighted by atomic mass is 10.1. The molecule has 0 bridgehead atoms. The van der Waals surface area contributed by atoms with Crippen molar-refractivity contribution < 1.29 is 4.74 Å². The molecule has 30 heavy (non-hydrogen) atoms. The van der Waals surface area contributed by atoms with Crippen LogP contribution in [0.2, 0.25) is 5.02 Å². The van der Waals surface area contributed by atoms with Gasteiger partial charge in [-0.3, -0.25) is 4.57 Å². The fourth-order valence-electron chi connectivity index (χ4n) is 2.74. The molecule has 0 unspecified atom stereocenters. The zero-order valence-corrected chi connectivity index (χ0v) is 20.1. The smallest absolute Gasteiger partial charge is 0.191 e. The van der Waals surface area contributed by atoms with Crippen LogP contribution in [-0.2, 0) is 13.0 Å². The van der Waals surface area contributed by atoms with E-state index < -0.39 is 0 Å². The summed E-state index contributed by atoms with van der Waals surface area (Å²) in [5.74, 6) is 2.35. The summed E-state index contributed by atoms with van der Waals surface area (Å²) in [6, 6.07) is 9.71. The Labute approximate surface area is 199 Å². The fourth-order valence-corrected chi connectivity index (χ4v) is 3.01. The second-order valence-corrected chi connectivity index (χ2v) is 6.73. The van der Waals surface area contributed by atoms with Crippen molar-refractivity contribution >= 4 is 41.5 Å². The molecule has 2 N–H and O–H groups in total. The van der Waals surface area contributed by atoms with Crippen LogP contribution in [0.25, 0.3) is 5.82 Å². The maximum Gasteiger partial charge on any atom is 0.191 e. The van der Waals surface area contributed by atoms with Crippen LogP contribution in [0.5, 0.6) is 5.75 Å². The first kappa shape index (κ1) is 23.9. The van der Waals surface area contributed by atoms with Crippen molar-refractivity contribution in [1.29, 1.82) is 0 Å². The predicted molar refractivity (Wildman–Crippen MR) is 131 cm³/mol. The van der Waals surface area contributed by atoms with Crippen LogP contribution in [0.3, 0.4) is 0 Å². The highest BCUT2D eigenvalue weighted by Crippen LogP contribution is 2.22. The molecule has 0 spiro atoms. The molecule has 1 aromatic carbocycles. The van der Waals surface area contributed by atoms with Crippen molar-refractivity contribution in [3.05, 3.63) is 71.4 Å². The van der Waals surface area contributed by atoms with Gasteiger partial charge in [0.1, 0.15) is 17.9 Å². The van der Waals surface area contributed by atoms with Gasteiger partial charge < -0.3 is 15.4 Å². The van der Waals surface area contributed by atoms with Crippen molar-refractivity contribution in [3.8, 4) is 11.6 Å². The van der Waals surface area contributed by atoms with E-state index in [1.807, 2.05) is 54.2 Å². The third-order valence-electron chi connectivity index (χ3n) is 4.29. The molecule has 3 aromatic rings. The van der Waals surface area contributed by atoms with Gasteiger partial charge in [-0.25, -0.2) is 15.0 Å². The molecule has 7 nitrogen and oxygen atoms in total. The van der Waals surface area contributed by atoms with Gasteiger partial charge in [-0.15, -0.1) is 24.0 Å². The van der Waals surface area contributed by atoms with Crippen LogP contribution in [0, 0.1) is 0 Å². The topological polar surface area (TPSA) is 76.4 Å². The van der Waals surface area contributed by atoms with Gasteiger partial charge in [0.05, 0.1) is 13.7 Å². The SMILES string of the molecule is CCNC(=NCc1ccc(-n2ccnc2)nc1)NCCc1ccc(OC)cc1Cl.I. The summed E-state index contributed by atoms with van der Waals surface area (Å²) in [7, 11) is 1.63. The minimum atomic E-state index is 0. The number of hydrogen-bond acceptors (Lipinski definition) is 4. The van der Waals surface area contributed by atoms with E-state index in [9.17, 15) is 0 Å². The lowest BCUT2D eigenvalue weighted by molar-refractivity contribution is 0.414. The van der Waals surface area contributed by atoms with Gasteiger partial charge in [0.2, 0.25) is 0 Å². The van der Waals surface area contributed by atoms with Gasteiger partial charge in [-0.05, 0) is 42.7 Å². The Hall–Kier alpha value is -2.33. The maximum atomic E-state index is 6.31. The number of rotatable bonds is 8. The second-order valence-electron chi connectivity index (χ2n) is 6.32. The molecule has 0 saturated carbocycles. The highest BCUT2D eigenvalue weighted by molar-refractivity contribution is 14.0. The number of halogens is 2. The first-order valence-corrected chi connectivity index (χ1v) is 9.85. The highest BCUT2D eigenvalue weighted by Gasteiger charge is 2.04. The normalized spacial score (nSPS) is 11.0. The van der Waals surface area contributed by atoms with Crippen LogP contribution in [0.15, 0.2) is 60.2 Å². The largest absolute Gasteiger partial charge is 0.497 e. The van der Waals surface area contributed by atoms with E-state index in [0.717, 1.165) is 48.2 Å². The van der Waals surface area contributed by atoms with Gasteiger partial charge >= 0.3 is 0 Å². The highest BCUT2D eigenvalue weighted by atomic mass is 127. The third-order valence-corrected chi connectivity index (χ3v) is 4.64. The van der Waals surface area contributed by atoms with E-state index in [0.29, 0.717) is 11.6 Å². The van der Waals surface area contributed by atoms with Crippen molar-refractivity contribution in [1.82, 2.24) is 25.2 Å².